The Kier molecular flexibility index (Phi) is 6.85. The van der Waals surface area contributed by atoms with E-state index >= 15 is 0 Å². The lowest BCUT2D eigenvalue weighted by Crippen LogP contribution is -2.57. The normalized spacial score (nSPS) is 29.6. The van der Waals surface area contributed by atoms with Gasteiger partial charge in [-0.25, -0.2) is 4.39 Å². The SMILES string of the molecule is CSc1ccc2c(c1)C(=C1CCN(CC3(O)CC(O)C(O)C(O)C3)CC1)c1ccc(F)cc1S2. The summed E-state index contributed by atoms with van der Waals surface area (Å²) in [5.74, 6) is -0.232. The maximum absolute atomic E-state index is 14.0. The van der Waals surface area contributed by atoms with Gasteiger partial charge in [0.2, 0.25) is 0 Å². The molecule has 0 aromatic heterocycles. The zero-order valence-corrected chi connectivity index (χ0v) is 20.7. The minimum absolute atomic E-state index is 0.0523. The van der Waals surface area contributed by atoms with Crippen molar-refractivity contribution in [3.63, 3.8) is 0 Å². The third kappa shape index (κ3) is 4.69. The summed E-state index contributed by atoms with van der Waals surface area (Å²) in [6.07, 6.45) is 0.346. The molecule has 1 saturated heterocycles. The van der Waals surface area contributed by atoms with Gasteiger partial charge in [-0.15, -0.1) is 11.8 Å². The van der Waals surface area contributed by atoms with Crippen molar-refractivity contribution in [2.24, 2.45) is 0 Å². The van der Waals surface area contributed by atoms with Crippen LogP contribution >= 0.6 is 23.5 Å². The monoisotopic (exact) mass is 503 g/mol. The van der Waals surface area contributed by atoms with Gasteiger partial charge in [-0.2, -0.15) is 0 Å². The van der Waals surface area contributed by atoms with Crippen molar-refractivity contribution in [3.05, 3.63) is 58.9 Å². The van der Waals surface area contributed by atoms with Gasteiger partial charge < -0.3 is 20.4 Å². The Morgan fingerprint density at radius 2 is 1.71 bits per heavy atom. The molecule has 182 valence electrons. The molecule has 2 atom stereocenters. The standard InChI is InChI=1S/C26H30FNO4S2/c1-33-17-3-5-22-19(11-17)24(18-4-2-16(27)10-23(18)34-22)15-6-8-28(9-7-15)14-26(32)12-20(29)25(31)21(30)13-26/h2-5,10-11,20-21,25,29-32H,6-9,12-14H2,1H3. The van der Waals surface area contributed by atoms with Crippen LogP contribution in [0.1, 0.15) is 36.8 Å². The molecule has 1 aliphatic carbocycles. The number of aliphatic hydroxyl groups is 4. The van der Waals surface area contributed by atoms with Crippen molar-refractivity contribution in [3.8, 4) is 0 Å². The lowest BCUT2D eigenvalue weighted by molar-refractivity contribution is -0.160. The van der Waals surface area contributed by atoms with E-state index in [4.69, 9.17) is 0 Å². The third-order valence-corrected chi connectivity index (χ3v) is 9.05. The highest BCUT2D eigenvalue weighted by Gasteiger charge is 2.44. The van der Waals surface area contributed by atoms with Crippen LogP contribution in [0.15, 0.2) is 56.7 Å². The number of rotatable bonds is 3. The summed E-state index contributed by atoms with van der Waals surface area (Å²) < 4.78 is 14.0. The number of likely N-dealkylation sites (tertiary alicyclic amines) is 1. The first kappa shape index (κ1) is 24.3. The van der Waals surface area contributed by atoms with Crippen LogP contribution in [0.2, 0.25) is 0 Å². The van der Waals surface area contributed by atoms with E-state index in [1.165, 1.54) is 27.7 Å². The number of β-amino-alcohol motifs (C(OH)–C–C–N with tert-alkyl or cyclic N) is 1. The summed E-state index contributed by atoms with van der Waals surface area (Å²) >= 11 is 3.32. The van der Waals surface area contributed by atoms with Gasteiger partial charge in [0.15, 0.2) is 0 Å². The summed E-state index contributed by atoms with van der Waals surface area (Å²) in [7, 11) is 0. The first-order valence-corrected chi connectivity index (χ1v) is 13.7. The van der Waals surface area contributed by atoms with Crippen molar-refractivity contribution in [2.75, 3.05) is 25.9 Å². The second-order valence-electron chi connectivity index (χ2n) is 9.62. The highest BCUT2D eigenvalue weighted by atomic mass is 32.2. The molecular formula is C26H30FNO4S2. The molecule has 0 amide bonds. The Morgan fingerprint density at radius 3 is 2.38 bits per heavy atom. The van der Waals surface area contributed by atoms with Crippen molar-refractivity contribution in [1.29, 1.82) is 0 Å². The summed E-state index contributed by atoms with van der Waals surface area (Å²) in [4.78, 5) is 5.44. The van der Waals surface area contributed by atoms with Gasteiger partial charge in [0, 0.05) is 47.2 Å². The molecule has 34 heavy (non-hydrogen) atoms. The summed E-state index contributed by atoms with van der Waals surface area (Å²) in [5, 5.41) is 40.9. The van der Waals surface area contributed by atoms with E-state index in [0.717, 1.165) is 41.3 Å². The van der Waals surface area contributed by atoms with Crippen molar-refractivity contribution in [1.82, 2.24) is 4.90 Å². The van der Waals surface area contributed by atoms with Crippen LogP contribution in [0.25, 0.3) is 5.57 Å². The van der Waals surface area contributed by atoms with Crippen molar-refractivity contribution < 1.29 is 24.8 Å². The average Bonchev–Trinajstić information content (AvgIpc) is 2.81. The highest BCUT2D eigenvalue weighted by Crippen LogP contribution is 2.49. The van der Waals surface area contributed by atoms with Crippen LogP contribution in [-0.4, -0.2) is 75.1 Å². The second kappa shape index (κ2) is 9.58. The zero-order chi connectivity index (χ0) is 24.0. The van der Waals surface area contributed by atoms with Crippen LogP contribution < -0.4 is 0 Å². The minimum atomic E-state index is -1.23. The predicted molar refractivity (Wildman–Crippen MR) is 133 cm³/mol. The van der Waals surface area contributed by atoms with E-state index in [9.17, 15) is 24.8 Å². The first-order valence-electron chi connectivity index (χ1n) is 11.6. The highest BCUT2D eigenvalue weighted by molar-refractivity contribution is 7.99. The van der Waals surface area contributed by atoms with Gasteiger partial charge >= 0.3 is 0 Å². The fourth-order valence-corrected chi connectivity index (χ4v) is 7.02. The number of benzene rings is 2. The Hall–Kier alpha value is -1.39. The van der Waals surface area contributed by atoms with Crippen molar-refractivity contribution >= 4 is 29.1 Å². The molecule has 2 fully saturated rings. The van der Waals surface area contributed by atoms with Gasteiger partial charge in [-0.3, -0.25) is 4.90 Å². The Labute approximate surface area is 207 Å². The van der Waals surface area contributed by atoms with Gasteiger partial charge in [-0.1, -0.05) is 23.4 Å². The lowest BCUT2D eigenvalue weighted by Gasteiger charge is -2.44. The Morgan fingerprint density at radius 1 is 1.00 bits per heavy atom. The number of piperidine rings is 1. The molecule has 3 aliphatic rings. The van der Waals surface area contributed by atoms with Gasteiger partial charge in [-0.05, 0) is 66.1 Å². The smallest absolute Gasteiger partial charge is 0.124 e. The van der Waals surface area contributed by atoms with Crippen LogP contribution in [0.3, 0.4) is 0 Å². The number of hydrogen-bond acceptors (Lipinski definition) is 7. The lowest BCUT2D eigenvalue weighted by atomic mass is 9.79. The van der Waals surface area contributed by atoms with Gasteiger partial charge in [0.05, 0.1) is 17.8 Å². The molecule has 5 rings (SSSR count). The number of nitrogens with zero attached hydrogens (tertiary/aromatic N) is 1. The molecule has 2 aliphatic heterocycles. The molecule has 5 nitrogen and oxygen atoms in total. The summed E-state index contributed by atoms with van der Waals surface area (Å²) in [5.41, 5.74) is 3.57. The van der Waals surface area contributed by atoms with Crippen LogP contribution in [0, 0.1) is 5.82 Å². The molecular weight excluding hydrogens is 473 g/mol. The number of aliphatic hydroxyl groups excluding tert-OH is 3. The van der Waals surface area contributed by atoms with E-state index < -0.39 is 23.9 Å². The average molecular weight is 504 g/mol. The maximum Gasteiger partial charge on any atom is 0.124 e. The maximum atomic E-state index is 14.0. The number of hydrogen-bond donors (Lipinski definition) is 4. The fourth-order valence-electron chi connectivity index (χ4n) is 5.49. The second-order valence-corrected chi connectivity index (χ2v) is 11.6. The van der Waals surface area contributed by atoms with E-state index in [2.05, 4.69) is 29.4 Å². The largest absolute Gasteiger partial charge is 0.390 e. The fraction of sp³-hybridized carbons (Fsp3) is 0.462. The number of fused-ring (bicyclic) bond motifs is 2. The van der Waals surface area contributed by atoms with Crippen molar-refractivity contribution in [2.45, 2.75) is 64.3 Å². The minimum Gasteiger partial charge on any atom is -0.390 e. The molecule has 0 bridgehead atoms. The van der Waals surface area contributed by atoms with E-state index in [1.807, 2.05) is 6.07 Å². The molecule has 2 aromatic rings. The quantitative estimate of drug-likeness (QED) is 0.407. The molecule has 0 radical (unpaired) electrons. The molecule has 4 N–H and O–H groups in total. The van der Waals surface area contributed by atoms with Crippen LogP contribution in [0.5, 0.6) is 0 Å². The Balaban J connectivity index is 1.41. The van der Waals surface area contributed by atoms with Crippen LogP contribution in [0.4, 0.5) is 4.39 Å². The predicted octanol–water partition coefficient (Wildman–Crippen LogP) is 3.52. The van der Waals surface area contributed by atoms with E-state index in [0.29, 0.717) is 6.54 Å². The topological polar surface area (TPSA) is 84.2 Å². The molecule has 8 heteroatoms. The van der Waals surface area contributed by atoms with E-state index in [-0.39, 0.29) is 18.7 Å². The molecule has 2 unspecified atom stereocenters. The van der Waals surface area contributed by atoms with E-state index in [1.54, 1.807) is 29.6 Å². The first-order chi connectivity index (χ1) is 16.3. The zero-order valence-electron chi connectivity index (χ0n) is 19.1. The molecule has 2 heterocycles. The molecule has 0 spiro atoms. The molecule has 2 aromatic carbocycles. The van der Waals surface area contributed by atoms with Gasteiger partial charge in [0.1, 0.15) is 11.9 Å². The number of thioether (sulfide) groups is 1. The summed E-state index contributed by atoms with van der Waals surface area (Å²) in [6, 6.07) is 11.5. The third-order valence-electron chi connectivity index (χ3n) is 7.19. The van der Waals surface area contributed by atoms with Crippen LogP contribution in [-0.2, 0) is 0 Å². The number of halogens is 1. The summed E-state index contributed by atoms with van der Waals surface area (Å²) in [6.45, 7) is 1.84. The Bertz CT molecular complexity index is 1100. The van der Waals surface area contributed by atoms with Gasteiger partial charge in [0.25, 0.3) is 0 Å². The molecule has 1 saturated carbocycles.